The molecule has 136 valence electrons. The molecule has 1 fully saturated rings. The topological polar surface area (TPSA) is 62.2 Å². The number of hydrogen-bond acceptors (Lipinski definition) is 4. The standard InChI is InChI=1S/C17H22ClN5O.ClH/c1-22-10-8-20-17(22)15-12-19-7-11-23(15)9-6-16(24)21-14-5-3-2-4-13(14)18;/h2-5,8,10,15,19H,6-7,9,11-12H2,1H3,(H,21,24);1H. The van der Waals surface area contributed by atoms with E-state index in [0.29, 0.717) is 23.7 Å². The van der Waals surface area contributed by atoms with Gasteiger partial charge in [0.25, 0.3) is 0 Å². The van der Waals surface area contributed by atoms with Crippen LogP contribution in [0.15, 0.2) is 36.7 Å². The Labute approximate surface area is 159 Å². The highest BCUT2D eigenvalue weighted by atomic mass is 35.5. The van der Waals surface area contributed by atoms with E-state index in [1.807, 2.05) is 42.2 Å². The third kappa shape index (κ3) is 4.95. The van der Waals surface area contributed by atoms with Crippen molar-refractivity contribution >= 4 is 35.6 Å². The number of piperazine rings is 1. The lowest BCUT2D eigenvalue weighted by Gasteiger charge is -2.35. The molecule has 1 aromatic heterocycles. The Morgan fingerprint density at radius 1 is 1.44 bits per heavy atom. The molecule has 1 aromatic carbocycles. The molecule has 0 saturated carbocycles. The minimum Gasteiger partial charge on any atom is -0.337 e. The second-order valence-corrected chi connectivity index (χ2v) is 6.34. The molecule has 1 aliphatic rings. The summed E-state index contributed by atoms with van der Waals surface area (Å²) in [5.74, 6) is 0.994. The molecule has 8 heteroatoms. The number of halogens is 2. The summed E-state index contributed by atoms with van der Waals surface area (Å²) in [6.45, 7) is 3.36. The molecule has 3 rings (SSSR count). The average Bonchev–Trinajstić information content (AvgIpc) is 3.01. The number of carbonyl (C=O) groups excluding carboxylic acids is 1. The normalized spacial score (nSPS) is 17.8. The van der Waals surface area contributed by atoms with Crippen LogP contribution in [0.5, 0.6) is 0 Å². The lowest BCUT2D eigenvalue weighted by atomic mass is 10.1. The van der Waals surface area contributed by atoms with Crippen molar-refractivity contribution in [1.82, 2.24) is 19.8 Å². The lowest BCUT2D eigenvalue weighted by molar-refractivity contribution is -0.116. The Balaban J connectivity index is 0.00000225. The van der Waals surface area contributed by atoms with Crippen LogP contribution in [0.3, 0.4) is 0 Å². The van der Waals surface area contributed by atoms with Gasteiger partial charge in [-0.2, -0.15) is 0 Å². The number of aryl methyl sites for hydroxylation is 1. The van der Waals surface area contributed by atoms with Gasteiger partial charge in [-0.15, -0.1) is 12.4 Å². The minimum atomic E-state index is -0.0276. The molecule has 2 N–H and O–H groups in total. The Bertz CT molecular complexity index is 706. The third-order valence-corrected chi connectivity index (χ3v) is 4.61. The van der Waals surface area contributed by atoms with E-state index in [9.17, 15) is 4.79 Å². The molecule has 1 unspecified atom stereocenters. The van der Waals surface area contributed by atoms with Crippen LogP contribution in [0.4, 0.5) is 5.69 Å². The average molecular weight is 384 g/mol. The van der Waals surface area contributed by atoms with Gasteiger partial charge in [0.05, 0.1) is 16.8 Å². The first-order chi connectivity index (χ1) is 11.6. The largest absolute Gasteiger partial charge is 0.337 e. The molecular weight excluding hydrogens is 361 g/mol. The number of hydrogen-bond donors (Lipinski definition) is 2. The highest BCUT2D eigenvalue weighted by molar-refractivity contribution is 6.33. The van der Waals surface area contributed by atoms with E-state index in [1.165, 1.54) is 0 Å². The summed E-state index contributed by atoms with van der Waals surface area (Å²) < 4.78 is 2.04. The number of amides is 1. The van der Waals surface area contributed by atoms with Gasteiger partial charge >= 0.3 is 0 Å². The fraction of sp³-hybridized carbons (Fsp3) is 0.412. The SMILES string of the molecule is Cl.Cn1ccnc1C1CNCCN1CCC(=O)Nc1ccccc1Cl. The van der Waals surface area contributed by atoms with Gasteiger partial charge in [-0.1, -0.05) is 23.7 Å². The number of para-hydroxylation sites is 1. The zero-order valence-electron chi connectivity index (χ0n) is 14.1. The van der Waals surface area contributed by atoms with Gasteiger partial charge in [-0.25, -0.2) is 4.98 Å². The predicted molar refractivity (Wildman–Crippen MR) is 102 cm³/mol. The van der Waals surface area contributed by atoms with Crippen molar-refractivity contribution in [2.75, 3.05) is 31.5 Å². The second-order valence-electron chi connectivity index (χ2n) is 5.93. The van der Waals surface area contributed by atoms with E-state index in [-0.39, 0.29) is 24.4 Å². The predicted octanol–water partition coefficient (Wildman–Crippen LogP) is 2.47. The quantitative estimate of drug-likeness (QED) is 0.832. The molecule has 2 heterocycles. The van der Waals surface area contributed by atoms with E-state index >= 15 is 0 Å². The summed E-state index contributed by atoms with van der Waals surface area (Å²) in [7, 11) is 2.00. The molecule has 6 nitrogen and oxygen atoms in total. The Hall–Kier alpha value is -1.60. The summed E-state index contributed by atoms with van der Waals surface area (Å²) >= 11 is 6.08. The fourth-order valence-corrected chi connectivity index (χ4v) is 3.17. The van der Waals surface area contributed by atoms with Crippen LogP contribution in [0.1, 0.15) is 18.3 Å². The molecule has 0 radical (unpaired) electrons. The fourth-order valence-electron chi connectivity index (χ4n) is 2.99. The van der Waals surface area contributed by atoms with Gasteiger partial charge < -0.3 is 15.2 Å². The monoisotopic (exact) mass is 383 g/mol. The number of aromatic nitrogens is 2. The van der Waals surface area contributed by atoms with Gasteiger partial charge in [0.15, 0.2) is 0 Å². The number of nitrogens with zero attached hydrogens (tertiary/aromatic N) is 3. The first-order valence-electron chi connectivity index (χ1n) is 8.11. The number of benzene rings is 1. The highest BCUT2D eigenvalue weighted by Gasteiger charge is 2.26. The molecule has 0 aliphatic carbocycles. The van der Waals surface area contributed by atoms with Crippen LogP contribution in [0, 0.1) is 0 Å². The van der Waals surface area contributed by atoms with E-state index in [4.69, 9.17) is 11.6 Å². The molecular formula is C17H23Cl2N5O. The number of carbonyl (C=O) groups is 1. The van der Waals surface area contributed by atoms with Gasteiger partial charge in [0.1, 0.15) is 5.82 Å². The van der Waals surface area contributed by atoms with Crippen LogP contribution < -0.4 is 10.6 Å². The van der Waals surface area contributed by atoms with Crippen molar-refractivity contribution in [3.05, 3.63) is 47.5 Å². The highest BCUT2D eigenvalue weighted by Crippen LogP contribution is 2.22. The van der Waals surface area contributed by atoms with Crippen molar-refractivity contribution in [2.24, 2.45) is 7.05 Å². The number of anilines is 1. The molecule has 0 bridgehead atoms. The summed E-state index contributed by atoms with van der Waals surface area (Å²) in [5, 5.41) is 6.83. The molecule has 0 spiro atoms. The zero-order chi connectivity index (χ0) is 16.9. The Kier molecular flexibility index (Phi) is 7.25. The van der Waals surface area contributed by atoms with Crippen molar-refractivity contribution in [3.8, 4) is 0 Å². The van der Waals surface area contributed by atoms with Crippen molar-refractivity contribution in [3.63, 3.8) is 0 Å². The summed E-state index contributed by atoms with van der Waals surface area (Å²) in [4.78, 5) is 19.0. The summed E-state index contributed by atoms with van der Waals surface area (Å²) in [6.07, 6.45) is 4.19. The third-order valence-electron chi connectivity index (χ3n) is 4.28. The van der Waals surface area contributed by atoms with Gasteiger partial charge in [-0.3, -0.25) is 9.69 Å². The Morgan fingerprint density at radius 2 is 2.24 bits per heavy atom. The van der Waals surface area contributed by atoms with E-state index < -0.39 is 0 Å². The van der Waals surface area contributed by atoms with Gasteiger partial charge in [-0.05, 0) is 12.1 Å². The maximum Gasteiger partial charge on any atom is 0.225 e. The van der Waals surface area contributed by atoms with Gasteiger partial charge in [0, 0.05) is 52.0 Å². The number of nitrogens with one attached hydrogen (secondary N) is 2. The Morgan fingerprint density at radius 3 is 2.96 bits per heavy atom. The first kappa shape index (κ1) is 19.7. The van der Waals surface area contributed by atoms with Gasteiger partial charge in [0.2, 0.25) is 5.91 Å². The van der Waals surface area contributed by atoms with Crippen LogP contribution in [0.25, 0.3) is 0 Å². The summed E-state index contributed by atoms with van der Waals surface area (Å²) in [6, 6.07) is 7.46. The van der Waals surface area contributed by atoms with Crippen molar-refractivity contribution in [1.29, 1.82) is 0 Å². The van der Waals surface area contributed by atoms with Crippen molar-refractivity contribution < 1.29 is 4.79 Å². The van der Waals surface area contributed by atoms with Crippen LogP contribution >= 0.6 is 24.0 Å². The molecule has 25 heavy (non-hydrogen) atoms. The zero-order valence-corrected chi connectivity index (χ0v) is 15.7. The minimum absolute atomic E-state index is 0. The number of imidazole rings is 1. The van der Waals surface area contributed by atoms with Crippen LogP contribution in [-0.2, 0) is 11.8 Å². The second kappa shape index (κ2) is 9.20. The molecule has 1 aliphatic heterocycles. The maximum atomic E-state index is 12.2. The van der Waals surface area contributed by atoms with Crippen LogP contribution in [0.2, 0.25) is 5.02 Å². The molecule has 1 atom stereocenters. The molecule has 1 saturated heterocycles. The molecule has 1 amide bonds. The summed E-state index contributed by atoms with van der Waals surface area (Å²) in [5.41, 5.74) is 0.658. The van der Waals surface area contributed by atoms with Crippen molar-refractivity contribution in [2.45, 2.75) is 12.5 Å². The lowest BCUT2D eigenvalue weighted by Crippen LogP contribution is -2.47. The number of rotatable bonds is 5. The van der Waals surface area contributed by atoms with Crippen LogP contribution in [-0.4, -0.2) is 46.5 Å². The smallest absolute Gasteiger partial charge is 0.225 e. The van der Waals surface area contributed by atoms with E-state index in [2.05, 4.69) is 20.5 Å². The molecule has 2 aromatic rings. The maximum absolute atomic E-state index is 12.2. The van der Waals surface area contributed by atoms with E-state index in [0.717, 1.165) is 25.5 Å². The van der Waals surface area contributed by atoms with E-state index in [1.54, 1.807) is 6.07 Å². The first-order valence-corrected chi connectivity index (χ1v) is 8.49.